The number of nitrogens with zero attached hydrogens (tertiary/aromatic N) is 2. The second kappa shape index (κ2) is 10.1. The Morgan fingerprint density at radius 3 is 2.46 bits per heavy atom. The molecule has 0 bridgehead atoms. The molecule has 0 amide bonds. The Bertz CT molecular complexity index is 224. The Balaban J connectivity index is -0.000000114. The van der Waals surface area contributed by atoms with E-state index in [1.807, 2.05) is 13.8 Å². The Labute approximate surface area is 108 Å². The molecule has 0 spiro atoms. The summed E-state index contributed by atoms with van der Waals surface area (Å²) < 4.78 is 0. The van der Waals surface area contributed by atoms with Gasteiger partial charge in [0, 0.05) is 47.6 Å². The fourth-order valence-corrected chi connectivity index (χ4v) is 0.790. The molecule has 1 aromatic rings. The Morgan fingerprint density at radius 1 is 1.38 bits per heavy atom. The predicted octanol–water partition coefficient (Wildman–Crippen LogP) is 3.63. The van der Waals surface area contributed by atoms with Gasteiger partial charge in [-0.15, -0.1) is 0 Å². The zero-order chi connectivity index (χ0) is 9.40. The van der Waals surface area contributed by atoms with Gasteiger partial charge >= 0.3 is 0 Å². The first-order valence-electron chi connectivity index (χ1n) is 4.35. The number of rotatable bonds is 2. The molecule has 1 heterocycles. The van der Waals surface area contributed by atoms with E-state index >= 15 is 0 Å². The maximum atomic E-state index is 7.16. The largest absolute Gasteiger partial charge is 0.482 e. The summed E-state index contributed by atoms with van der Waals surface area (Å²) in [5.74, 6) is 0.304. The zero-order valence-electron chi connectivity index (χ0n) is 8.54. The molecule has 0 unspecified atom stereocenters. The van der Waals surface area contributed by atoms with E-state index < -0.39 is 0 Å². The Morgan fingerprint density at radius 2 is 2.00 bits per heavy atom. The summed E-state index contributed by atoms with van der Waals surface area (Å²) in [6, 6.07) is 1.70. The van der Waals surface area contributed by atoms with Crippen LogP contribution in [0.2, 0.25) is 0 Å². The van der Waals surface area contributed by atoms with Crippen LogP contribution in [0.5, 0.6) is 0 Å². The second-order valence-corrected chi connectivity index (χ2v) is 2.14. The van der Waals surface area contributed by atoms with Crippen molar-refractivity contribution in [3.63, 3.8) is 0 Å². The van der Waals surface area contributed by atoms with Crippen molar-refractivity contribution in [3.8, 4) is 0 Å². The minimum atomic E-state index is 0. The Hall–Kier alpha value is -0.0161. The minimum Gasteiger partial charge on any atom is -0.482 e. The summed E-state index contributed by atoms with van der Waals surface area (Å²) in [7, 11) is 0. The van der Waals surface area contributed by atoms with Crippen molar-refractivity contribution < 1.29 is 35.6 Å². The quantitative estimate of drug-likeness (QED) is 0.814. The molecule has 0 fully saturated rings. The number of aryl methyl sites for hydroxylation is 1. The van der Waals surface area contributed by atoms with Gasteiger partial charge in [-0.25, -0.2) is 0 Å². The first-order chi connectivity index (χ1) is 5.83. The summed E-state index contributed by atoms with van der Waals surface area (Å²) >= 11 is 0. The standard InChI is InChI=1S/C7H10N3.C2H6.Y.2H2/c1-2-3-6-4-7(8)10-5-9-6;1-2;;;/h4-5H,2-3H2,1H3,(H-,8,9,10);1-2H3;;2*1H/q-1;;;;. The Kier molecular flexibility index (Phi) is 12.0. The van der Waals surface area contributed by atoms with Crippen LogP contribution in [0, 0.1) is 0 Å². The van der Waals surface area contributed by atoms with Gasteiger partial charge in [0.05, 0.1) is 0 Å². The first-order valence-corrected chi connectivity index (χ1v) is 4.35. The average molecular weight is 259 g/mol. The van der Waals surface area contributed by atoms with Gasteiger partial charge in [-0.2, -0.15) is 0 Å². The fourth-order valence-electron chi connectivity index (χ4n) is 0.790. The molecule has 0 aliphatic heterocycles. The average Bonchev–Trinajstić information content (AvgIpc) is 2.09. The van der Waals surface area contributed by atoms with Gasteiger partial charge in [0.2, 0.25) is 0 Å². The number of nitrogens with one attached hydrogen (secondary N) is 1. The van der Waals surface area contributed by atoms with E-state index in [-0.39, 0.29) is 35.6 Å². The molecule has 1 radical (unpaired) electrons. The zero-order valence-corrected chi connectivity index (χ0v) is 11.4. The van der Waals surface area contributed by atoms with Crippen LogP contribution in [0.1, 0.15) is 35.7 Å². The van der Waals surface area contributed by atoms with Gasteiger partial charge in [-0.1, -0.05) is 33.0 Å². The summed E-state index contributed by atoms with van der Waals surface area (Å²) in [6.07, 6.45) is 3.44. The van der Waals surface area contributed by atoms with E-state index in [0.717, 1.165) is 18.5 Å². The molecule has 0 aliphatic carbocycles. The molecule has 0 aromatic carbocycles. The SMILES string of the molecule is CC.CCCc1cc([NH-])ncn1.[HH].[HH].[Y]. The summed E-state index contributed by atoms with van der Waals surface area (Å²) in [5, 5.41) is 0. The van der Waals surface area contributed by atoms with Crippen LogP contribution < -0.4 is 0 Å². The molecule has 13 heavy (non-hydrogen) atoms. The van der Waals surface area contributed by atoms with Crippen LogP contribution in [0.15, 0.2) is 12.4 Å². The van der Waals surface area contributed by atoms with E-state index in [2.05, 4.69) is 16.9 Å². The van der Waals surface area contributed by atoms with E-state index in [4.69, 9.17) is 5.73 Å². The van der Waals surface area contributed by atoms with Crippen LogP contribution in [0.25, 0.3) is 5.73 Å². The molecular weight excluding hydrogens is 239 g/mol. The van der Waals surface area contributed by atoms with E-state index in [1.54, 1.807) is 6.07 Å². The van der Waals surface area contributed by atoms with Crippen LogP contribution in [0.4, 0.5) is 5.82 Å². The molecule has 1 rings (SSSR count). The molecular formula is C9H20N3Y-. The fraction of sp³-hybridized carbons (Fsp3) is 0.556. The smallest absolute Gasteiger partial charge is 0.0397 e. The van der Waals surface area contributed by atoms with Gasteiger partial charge in [0.15, 0.2) is 0 Å². The van der Waals surface area contributed by atoms with Gasteiger partial charge in [0.25, 0.3) is 0 Å². The molecule has 0 saturated heterocycles. The van der Waals surface area contributed by atoms with Crippen LogP contribution in [-0.2, 0) is 39.1 Å². The number of aromatic nitrogens is 2. The molecule has 3 nitrogen and oxygen atoms in total. The third kappa shape index (κ3) is 7.09. The van der Waals surface area contributed by atoms with E-state index in [1.165, 1.54) is 6.33 Å². The van der Waals surface area contributed by atoms with E-state index in [9.17, 15) is 0 Å². The molecule has 1 aromatic heterocycles. The topological polar surface area (TPSA) is 49.6 Å². The maximum absolute atomic E-state index is 7.16. The van der Waals surface area contributed by atoms with Crippen LogP contribution in [-0.4, -0.2) is 9.97 Å². The van der Waals surface area contributed by atoms with E-state index in [0.29, 0.717) is 5.82 Å². The summed E-state index contributed by atoms with van der Waals surface area (Å²) in [6.45, 7) is 6.09. The predicted molar refractivity (Wildman–Crippen MR) is 55.6 cm³/mol. The van der Waals surface area contributed by atoms with Gasteiger partial charge < -0.3 is 10.7 Å². The molecule has 75 valence electrons. The first kappa shape index (κ1) is 15.5. The molecule has 0 aliphatic rings. The van der Waals surface area contributed by atoms with Crippen molar-refractivity contribution in [2.45, 2.75) is 33.6 Å². The maximum Gasteiger partial charge on any atom is 0.0397 e. The third-order valence-corrected chi connectivity index (χ3v) is 1.23. The number of hydrogen-bond donors (Lipinski definition) is 0. The third-order valence-electron chi connectivity index (χ3n) is 1.23. The van der Waals surface area contributed by atoms with Crippen molar-refractivity contribution in [2.75, 3.05) is 0 Å². The van der Waals surface area contributed by atoms with Gasteiger partial charge in [-0.3, -0.25) is 4.98 Å². The van der Waals surface area contributed by atoms with Gasteiger partial charge in [-0.05, 0) is 12.5 Å². The molecule has 0 atom stereocenters. The molecule has 1 N–H and O–H groups in total. The molecule has 4 heteroatoms. The number of hydrogen-bond acceptors (Lipinski definition) is 2. The van der Waals surface area contributed by atoms with Crippen LogP contribution in [0.3, 0.4) is 0 Å². The normalized spacial score (nSPS) is 7.92. The molecule has 0 saturated carbocycles. The van der Waals surface area contributed by atoms with Crippen molar-refractivity contribution in [2.24, 2.45) is 0 Å². The van der Waals surface area contributed by atoms with Crippen molar-refractivity contribution in [1.29, 1.82) is 0 Å². The second-order valence-electron chi connectivity index (χ2n) is 2.14. The van der Waals surface area contributed by atoms with Crippen molar-refractivity contribution in [1.82, 2.24) is 9.97 Å². The van der Waals surface area contributed by atoms with Crippen molar-refractivity contribution in [3.05, 3.63) is 23.8 Å². The summed E-state index contributed by atoms with van der Waals surface area (Å²) in [5.41, 5.74) is 8.12. The van der Waals surface area contributed by atoms with Crippen LogP contribution >= 0.6 is 0 Å². The minimum absolute atomic E-state index is 0. The monoisotopic (exact) mass is 259 g/mol. The van der Waals surface area contributed by atoms with Crippen molar-refractivity contribution >= 4 is 5.82 Å². The summed E-state index contributed by atoms with van der Waals surface area (Å²) in [4.78, 5) is 7.68. The van der Waals surface area contributed by atoms with Gasteiger partial charge in [0.1, 0.15) is 0 Å².